The molecule has 1 aromatic rings. The molecule has 1 aliphatic rings. The molecule has 5 nitrogen and oxygen atoms in total. The zero-order valence-electron chi connectivity index (χ0n) is 11.9. The van der Waals surface area contributed by atoms with E-state index in [1.54, 1.807) is 17.1 Å². The Morgan fingerprint density at radius 2 is 2.21 bits per heavy atom. The maximum Gasteiger partial charge on any atom is 0.244 e. The number of nitrogens with two attached hydrogens (primary N) is 1. The van der Waals surface area contributed by atoms with Crippen molar-refractivity contribution in [1.29, 1.82) is 0 Å². The van der Waals surface area contributed by atoms with Gasteiger partial charge in [0.25, 0.3) is 0 Å². The standard InChI is InChI=1S/C14H24N4O/c1-11(2)8-18(13-5-3-4-6-13)14(19)10-17-9-12(15)7-16-17/h7,9,11,13H,3-6,8,10,15H2,1-2H3. The van der Waals surface area contributed by atoms with Gasteiger partial charge >= 0.3 is 0 Å². The summed E-state index contributed by atoms with van der Waals surface area (Å²) in [6.07, 6.45) is 8.04. The SMILES string of the molecule is CC(C)CN(C(=O)Cn1cc(N)cn1)C1CCCC1. The number of hydrogen-bond donors (Lipinski definition) is 1. The van der Waals surface area contributed by atoms with Gasteiger partial charge in [0.1, 0.15) is 6.54 Å². The van der Waals surface area contributed by atoms with Crippen molar-refractivity contribution in [2.75, 3.05) is 12.3 Å². The van der Waals surface area contributed by atoms with Crippen LogP contribution in [0.5, 0.6) is 0 Å². The van der Waals surface area contributed by atoms with Gasteiger partial charge in [-0.1, -0.05) is 26.7 Å². The second-order valence-corrected chi connectivity index (χ2v) is 5.85. The summed E-state index contributed by atoms with van der Waals surface area (Å²) in [6, 6.07) is 0.419. The molecule has 0 aromatic carbocycles. The van der Waals surface area contributed by atoms with Crippen molar-refractivity contribution >= 4 is 11.6 Å². The van der Waals surface area contributed by atoms with Crippen molar-refractivity contribution in [3.8, 4) is 0 Å². The molecule has 0 saturated heterocycles. The summed E-state index contributed by atoms with van der Waals surface area (Å²) in [5.74, 6) is 0.649. The second kappa shape index (κ2) is 6.08. The van der Waals surface area contributed by atoms with Gasteiger partial charge in [-0.25, -0.2) is 0 Å². The first-order valence-electron chi connectivity index (χ1n) is 7.13. The van der Waals surface area contributed by atoms with Gasteiger partial charge in [0.2, 0.25) is 5.91 Å². The molecule has 0 bridgehead atoms. The molecule has 0 spiro atoms. The Labute approximate surface area is 114 Å². The van der Waals surface area contributed by atoms with Crippen molar-refractivity contribution in [3.05, 3.63) is 12.4 Å². The lowest BCUT2D eigenvalue weighted by molar-refractivity contribution is -0.134. The summed E-state index contributed by atoms with van der Waals surface area (Å²) >= 11 is 0. The largest absolute Gasteiger partial charge is 0.396 e. The highest BCUT2D eigenvalue weighted by Crippen LogP contribution is 2.24. The minimum Gasteiger partial charge on any atom is -0.396 e. The second-order valence-electron chi connectivity index (χ2n) is 5.85. The van der Waals surface area contributed by atoms with Gasteiger partial charge in [-0.3, -0.25) is 9.48 Å². The summed E-state index contributed by atoms with van der Waals surface area (Å²) in [6.45, 7) is 5.43. The molecule has 1 amide bonds. The molecular formula is C14H24N4O. The first-order chi connectivity index (χ1) is 9.06. The van der Waals surface area contributed by atoms with Crippen LogP contribution in [0.25, 0.3) is 0 Å². The molecule has 0 atom stereocenters. The summed E-state index contributed by atoms with van der Waals surface area (Å²) in [5, 5.41) is 4.09. The van der Waals surface area contributed by atoms with Crippen LogP contribution in [-0.2, 0) is 11.3 Å². The van der Waals surface area contributed by atoms with Crippen LogP contribution in [0.2, 0.25) is 0 Å². The number of aromatic nitrogens is 2. The van der Waals surface area contributed by atoms with Crippen LogP contribution >= 0.6 is 0 Å². The highest BCUT2D eigenvalue weighted by molar-refractivity contribution is 5.76. The third-order valence-electron chi connectivity index (χ3n) is 3.60. The van der Waals surface area contributed by atoms with E-state index in [2.05, 4.69) is 23.8 Å². The average molecular weight is 264 g/mol. The molecule has 0 radical (unpaired) electrons. The van der Waals surface area contributed by atoms with Gasteiger partial charge in [0, 0.05) is 18.8 Å². The van der Waals surface area contributed by atoms with Crippen LogP contribution in [-0.4, -0.2) is 33.2 Å². The fraction of sp³-hybridized carbons (Fsp3) is 0.714. The fourth-order valence-corrected chi connectivity index (χ4v) is 2.76. The summed E-state index contributed by atoms with van der Waals surface area (Å²) in [4.78, 5) is 14.5. The topological polar surface area (TPSA) is 64.2 Å². The van der Waals surface area contributed by atoms with E-state index in [0.29, 0.717) is 24.2 Å². The molecule has 1 fully saturated rings. The Bertz CT molecular complexity index is 421. The number of nitrogen functional groups attached to an aromatic ring is 1. The predicted molar refractivity (Wildman–Crippen MR) is 75.4 cm³/mol. The first-order valence-corrected chi connectivity index (χ1v) is 7.13. The van der Waals surface area contributed by atoms with E-state index >= 15 is 0 Å². The van der Waals surface area contributed by atoms with Gasteiger partial charge in [-0.15, -0.1) is 0 Å². The molecule has 106 valence electrons. The smallest absolute Gasteiger partial charge is 0.244 e. The number of amides is 1. The zero-order valence-corrected chi connectivity index (χ0v) is 11.9. The van der Waals surface area contributed by atoms with Crippen LogP contribution < -0.4 is 5.73 Å². The number of anilines is 1. The third-order valence-corrected chi connectivity index (χ3v) is 3.60. The third kappa shape index (κ3) is 3.72. The number of carbonyl (C=O) groups is 1. The Kier molecular flexibility index (Phi) is 4.45. The van der Waals surface area contributed by atoms with Gasteiger partial charge in [0.05, 0.1) is 11.9 Å². The van der Waals surface area contributed by atoms with E-state index in [1.165, 1.54) is 12.8 Å². The number of rotatable bonds is 5. The molecule has 19 heavy (non-hydrogen) atoms. The Morgan fingerprint density at radius 3 is 2.74 bits per heavy atom. The Morgan fingerprint density at radius 1 is 1.53 bits per heavy atom. The van der Waals surface area contributed by atoms with Gasteiger partial charge in [0.15, 0.2) is 0 Å². The Balaban J connectivity index is 2.02. The molecule has 0 aliphatic heterocycles. The predicted octanol–water partition coefficient (Wildman–Crippen LogP) is 1.89. The van der Waals surface area contributed by atoms with E-state index < -0.39 is 0 Å². The van der Waals surface area contributed by atoms with Gasteiger partial charge < -0.3 is 10.6 Å². The average Bonchev–Trinajstić information content (AvgIpc) is 2.97. The molecule has 0 unspecified atom stereocenters. The van der Waals surface area contributed by atoms with Crippen molar-refractivity contribution in [2.24, 2.45) is 5.92 Å². The van der Waals surface area contributed by atoms with Crippen LogP contribution in [0.3, 0.4) is 0 Å². The molecule has 1 aliphatic carbocycles. The quantitative estimate of drug-likeness (QED) is 0.883. The van der Waals surface area contributed by atoms with E-state index in [9.17, 15) is 4.79 Å². The first kappa shape index (κ1) is 13.9. The highest BCUT2D eigenvalue weighted by Gasteiger charge is 2.27. The van der Waals surface area contributed by atoms with Crippen molar-refractivity contribution in [3.63, 3.8) is 0 Å². The lowest BCUT2D eigenvalue weighted by atomic mass is 10.1. The Hall–Kier alpha value is -1.52. The van der Waals surface area contributed by atoms with Gasteiger partial charge in [-0.05, 0) is 18.8 Å². The number of carbonyl (C=O) groups excluding carboxylic acids is 1. The summed E-state index contributed by atoms with van der Waals surface area (Å²) in [7, 11) is 0. The number of nitrogens with zero attached hydrogens (tertiary/aromatic N) is 3. The van der Waals surface area contributed by atoms with Crippen molar-refractivity contribution < 1.29 is 4.79 Å². The zero-order chi connectivity index (χ0) is 13.8. The molecule has 1 heterocycles. The lowest BCUT2D eigenvalue weighted by Crippen LogP contribution is -2.43. The number of hydrogen-bond acceptors (Lipinski definition) is 3. The summed E-state index contributed by atoms with van der Waals surface area (Å²) in [5.41, 5.74) is 6.23. The van der Waals surface area contributed by atoms with Crippen molar-refractivity contribution in [2.45, 2.75) is 52.1 Å². The van der Waals surface area contributed by atoms with Crippen molar-refractivity contribution in [1.82, 2.24) is 14.7 Å². The van der Waals surface area contributed by atoms with E-state index in [4.69, 9.17) is 5.73 Å². The molecule has 5 heteroatoms. The monoisotopic (exact) mass is 264 g/mol. The van der Waals surface area contributed by atoms with Crippen LogP contribution in [0.4, 0.5) is 5.69 Å². The highest BCUT2D eigenvalue weighted by atomic mass is 16.2. The minimum absolute atomic E-state index is 0.156. The molecule has 2 rings (SSSR count). The summed E-state index contributed by atoms with van der Waals surface area (Å²) < 4.78 is 1.62. The maximum absolute atomic E-state index is 12.5. The maximum atomic E-state index is 12.5. The molecule has 1 aromatic heterocycles. The van der Waals surface area contributed by atoms with E-state index in [-0.39, 0.29) is 5.91 Å². The molecule has 2 N–H and O–H groups in total. The van der Waals surface area contributed by atoms with Gasteiger partial charge in [-0.2, -0.15) is 5.10 Å². The van der Waals surface area contributed by atoms with Crippen LogP contribution in [0.1, 0.15) is 39.5 Å². The van der Waals surface area contributed by atoms with E-state index in [0.717, 1.165) is 19.4 Å². The fourth-order valence-electron chi connectivity index (χ4n) is 2.76. The minimum atomic E-state index is 0.156. The normalized spacial score (nSPS) is 16.2. The molecule has 1 saturated carbocycles. The lowest BCUT2D eigenvalue weighted by Gasteiger charge is -2.30. The van der Waals surface area contributed by atoms with E-state index in [1.807, 2.05) is 0 Å². The molecular weight excluding hydrogens is 240 g/mol. The van der Waals surface area contributed by atoms with Crippen LogP contribution in [0.15, 0.2) is 12.4 Å². The van der Waals surface area contributed by atoms with Crippen LogP contribution in [0, 0.1) is 5.92 Å².